The van der Waals surface area contributed by atoms with Crippen molar-refractivity contribution in [2.75, 3.05) is 19.6 Å². The van der Waals surface area contributed by atoms with E-state index in [2.05, 4.69) is 15.4 Å². The Morgan fingerprint density at radius 2 is 1.91 bits per heavy atom. The number of benzene rings is 1. The molecule has 4 amide bonds. The molecule has 1 aromatic carbocycles. The number of hydrogen-bond acceptors (Lipinski definition) is 7. The van der Waals surface area contributed by atoms with E-state index in [9.17, 15) is 28.0 Å². The molecule has 2 aromatic rings. The summed E-state index contributed by atoms with van der Waals surface area (Å²) >= 11 is 0.733. The highest BCUT2D eigenvalue weighted by atomic mass is 32.2. The first-order chi connectivity index (χ1) is 15.7. The molecule has 0 spiro atoms. The van der Waals surface area contributed by atoms with Crippen LogP contribution in [0.2, 0.25) is 0 Å². The number of aryl methyl sites for hydroxylation is 1. The first-order valence-corrected chi connectivity index (χ1v) is 10.5. The van der Waals surface area contributed by atoms with E-state index in [0.717, 1.165) is 16.7 Å². The van der Waals surface area contributed by atoms with Crippen molar-refractivity contribution >= 4 is 40.8 Å². The van der Waals surface area contributed by atoms with Crippen LogP contribution in [0.4, 0.5) is 13.6 Å². The predicted octanol–water partition coefficient (Wildman–Crippen LogP) is 2.77. The SMILES string of the molecule is Cc1occc1C(=O)NCC(=O)NCCN1C(=O)S/C(=C\c2ccc(OC(F)F)cc2)C1=O. The van der Waals surface area contributed by atoms with Crippen molar-refractivity contribution in [1.29, 1.82) is 0 Å². The average molecular weight is 479 g/mol. The largest absolute Gasteiger partial charge is 0.469 e. The summed E-state index contributed by atoms with van der Waals surface area (Å²) in [6.45, 7) is -1.65. The Morgan fingerprint density at radius 3 is 2.55 bits per heavy atom. The normalized spacial score (nSPS) is 14.8. The third-order valence-corrected chi connectivity index (χ3v) is 5.35. The Balaban J connectivity index is 1.46. The third-order valence-electron chi connectivity index (χ3n) is 4.45. The van der Waals surface area contributed by atoms with Crippen molar-refractivity contribution in [2.45, 2.75) is 13.5 Å². The molecule has 33 heavy (non-hydrogen) atoms. The zero-order valence-corrected chi connectivity index (χ0v) is 18.1. The predicted molar refractivity (Wildman–Crippen MR) is 115 cm³/mol. The lowest BCUT2D eigenvalue weighted by Gasteiger charge is -2.13. The Labute approximate surface area is 191 Å². The number of nitrogens with one attached hydrogen (secondary N) is 2. The van der Waals surface area contributed by atoms with E-state index >= 15 is 0 Å². The van der Waals surface area contributed by atoms with Crippen LogP contribution in [0.1, 0.15) is 21.7 Å². The number of carbonyl (C=O) groups excluding carboxylic acids is 4. The van der Waals surface area contributed by atoms with Gasteiger partial charge < -0.3 is 19.8 Å². The van der Waals surface area contributed by atoms with Gasteiger partial charge in [-0.1, -0.05) is 12.1 Å². The minimum Gasteiger partial charge on any atom is -0.469 e. The molecule has 0 bridgehead atoms. The molecule has 1 aliphatic rings. The fourth-order valence-corrected chi connectivity index (χ4v) is 3.70. The summed E-state index contributed by atoms with van der Waals surface area (Å²) < 4.78 is 33.7. The topological polar surface area (TPSA) is 118 Å². The molecule has 1 aromatic heterocycles. The molecule has 1 saturated heterocycles. The molecule has 3 rings (SSSR count). The maximum absolute atomic E-state index is 12.5. The number of ether oxygens (including phenoxy) is 1. The highest BCUT2D eigenvalue weighted by Gasteiger charge is 2.34. The molecule has 12 heteroatoms. The van der Waals surface area contributed by atoms with Gasteiger partial charge in [0.25, 0.3) is 17.1 Å². The fourth-order valence-electron chi connectivity index (χ4n) is 2.84. The number of halogens is 2. The van der Waals surface area contributed by atoms with Gasteiger partial charge in [-0.3, -0.25) is 24.1 Å². The van der Waals surface area contributed by atoms with Gasteiger partial charge in [0.2, 0.25) is 5.91 Å². The number of carbonyl (C=O) groups is 4. The number of thioether (sulfide) groups is 1. The van der Waals surface area contributed by atoms with Crippen LogP contribution in [0.3, 0.4) is 0 Å². The zero-order chi connectivity index (χ0) is 24.0. The molecule has 174 valence electrons. The molecule has 0 unspecified atom stereocenters. The van der Waals surface area contributed by atoms with Gasteiger partial charge in [0.05, 0.1) is 23.3 Å². The third kappa shape index (κ3) is 6.42. The van der Waals surface area contributed by atoms with E-state index in [1.165, 1.54) is 42.7 Å². The van der Waals surface area contributed by atoms with Crippen molar-refractivity contribution in [3.05, 3.63) is 58.4 Å². The highest BCUT2D eigenvalue weighted by Crippen LogP contribution is 2.32. The van der Waals surface area contributed by atoms with Crippen LogP contribution in [0.15, 0.2) is 45.9 Å². The quantitative estimate of drug-likeness (QED) is 0.531. The van der Waals surface area contributed by atoms with Crippen molar-refractivity contribution in [3.63, 3.8) is 0 Å². The summed E-state index contributed by atoms with van der Waals surface area (Å²) in [7, 11) is 0. The summed E-state index contributed by atoms with van der Waals surface area (Å²) in [6, 6.07) is 7.09. The highest BCUT2D eigenvalue weighted by molar-refractivity contribution is 8.18. The number of nitrogens with zero attached hydrogens (tertiary/aromatic N) is 1. The lowest BCUT2D eigenvalue weighted by Crippen LogP contribution is -2.41. The number of alkyl halides is 2. The second-order valence-electron chi connectivity index (χ2n) is 6.70. The van der Waals surface area contributed by atoms with Gasteiger partial charge in [0, 0.05) is 13.1 Å². The number of furan rings is 1. The van der Waals surface area contributed by atoms with Crippen LogP contribution in [0.5, 0.6) is 5.75 Å². The molecule has 2 heterocycles. The van der Waals surface area contributed by atoms with Crippen LogP contribution >= 0.6 is 11.8 Å². The first kappa shape index (κ1) is 24.0. The van der Waals surface area contributed by atoms with Gasteiger partial charge in [0.15, 0.2) is 0 Å². The second kappa shape index (κ2) is 10.8. The monoisotopic (exact) mass is 479 g/mol. The average Bonchev–Trinajstić information content (AvgIpc) is 3.31. The summed E-state index contributed by atoms with van der Waals surface area (Å²) in [5.41, 5.74) is 0.850. The lowest BCUT2D eigenvalue weighted by molar-refractivity contribution is -0.124. The standard InChI is InChI=1S/C21H19F2N3O6S/c1-12-15(6-9-31-12)18(28)25-11-17(27)24-7-8-26-19(29)16(33-21(26)30)10-13-2-4-14(5-3-13)32-20(22)23/h2-6,9-10,20H,7-8,11H2,1H3,(H,24,27)(H,25,28)/b16-10-. The van der Waals surface area contributed by atoms with Gasteiger partial charge in [-0.25, -0.2) is 0 Å². The van der Waals surface area contributed by atoms with E-state index in [4.69, 9.17) is 4.42 Å². The molecule has 1 fully saturated rings. The number of rotatable bonds is 9. The van der Waals surface area contributed by atoms with Gasteiger partial charge in [-0.15, -0.1) is 0 Å². The minimum atomic E-state index is -2.94. The van der Waals surface area contributed by atoms with Gasteiger partial charge in [-0.2, -0.15) is 8.78 Å². The maximum atomic E-state index is 12.5. The fraction of sp³-hybridized carbons (Fsp3) is 0.238. The van der Waals surface area contributed by atoms with Crippen molar-refractivity contribution in [1.82, 2.24) is 15.5 Å². The summed E-state index contributed by atoms with van der Waals surface area (Å²) in [5, 5.41) is 4.47. The van der Waals surface area contributed by atoms with Gasteiger partial charge in [-0.05, 0) is 48.5 Å². The lowest BCUT2D eigenvalue weighted by atomic mass is 10.2. The van der Waals surface area contributed by atoms with Crippen LogP contribution in [-0.4, -0.2) is 54.1 Å². The molecular weight excluding hydrogens is 460 g/mol. The van der Waals surface area contributed by atoms with Crippen molar-refractivity contribution < 1.29 is 37.1 Å². The minimum absolute atomic E-state index is 0.00439. The van der Waals surface area contributed by atoms with Gasteiger partial charge >= 0.3 is 6.61 Å². The van der Waals surface area contributed by atoms with E-state index in [0.29, 0.717) is 16.9 Å². The van der Waals surface area contributed by atoms with E-state index in [1.807, 2.05) is 0 Å². The first-order valence-electron chi connectivity index (χ1n) is 9.64. The smallest absolute Gasteiger partial charge is 0.387 e. The molecule has 2 N–H and O–H groups in total. The molecule has 0 saturated carbocycles. The van der Waals surface area contributed by atoms with Crippen molar-refractivity contribution in [3.8, 4) is 5.75 Å². The Kier molecular flexibility index (Phi) is 7.83. The Morgan fingerprint density at radius 1 is 1.18 bits per heavy atom. The van der Waals surface area contributed by atoms with Crippen molar-refractivity contribution in [2.24, 2.45) is 0 Å². The number of hydrogen-bond donors (Lipinski definition) is 2. The molecule has 0 atom stereocenters. The van der Waals surface area contributed by atoms with Crippen LogP contribution in [0, 0.1) is 6.92 Å². The molecule has 0 radical (unpaired) electrons. The van der Waals surface area contributed by atoms with Crippen LogP contribution in [-0.2, 0) is 9.59 Å². The summed E-state index contributed by atoms with van der Waals surface area (Å²) in [4.78, 5) is 49.7. The zero-order valence-electron chi connectivity index (χ0n) is 17.3. The van der Waals surface area contributed by atoms with E-state index in [1.54, 1.807) is 6.92 Å². The number of imide groups is 1. The van der Waals surface area contributed by atoms with E-state index < -0.39 is 29.6 Å². The number of amides is 4. The molecule has 0 aliphatic carbocycles. The Bertz CT molecular complexity index is 1080. The second-order valence-corrected chi connectivity index (χ2v) is 7.70. The molecular formula is C21H19F2N3O6S. The maximum Gasteiger partial charge on any atom is 0.387 e. The summed E-state index contributed by atoms with van der Waals surface area (Å²) in [6.07, 6.45) is 2.83. The van der Waals surface area contributed by atoms with Crippen LogP contribution in [0.25, 0.3) is 6.08 Å². The molecule has 9 nitrogen and oxygen atoms in total. The Hall–Kier alpha value is -3.67. The molecule has 1 aliphatic heterocycles. The van der Waals surface area contributed by atoms with E-state index in [-0.39, 0.29) is 30.3 Å². The van der Waals surface area contributed by atoms with Gasteiger partial charge in [0.1, 0.15) is 11.5 Å². The summed E-state index contributed by atoms with van der Waals surface area (Å²) in [5.74, 6) is -1.07. The van der Waals surface area contributed by atoms with Crippen LogP contribution < -0.4 is 15.4 Å².